The molecule has 1 heterocycles. The van der Waals surface area contributed by atoms with Crippen LogP contribution in [0.3, 0.4) is 0 Å². The lowest BCUT2D eigenvalue weighted by Gasteiger charge is -2.46. The van der Waals surface area contributed by atoms with Crippen LogP contribution in [0.2, 0.25) is 37.8 Å². The molecule has 0 bridgehead atoms. The van der Waals surface area contributed by atoms with E-state index in [9.17, 15) is 5.11 Å². The minimum atomic E-state index is -2.04. The maximum Gasteiger partial charge on any atom is 0.192 e. The minimum Gasteiger partial charge on any atom is -0.413 e. The lowest BCUT2D eigenvalue weighted by atomic mass is 9.85. The average Bonchev–Trinajstić information content (AvgIpc) is 2.53. The van der Waals surface area contributed by atoms with E-state index >= 15 is 0 Å². The summed E-state index contributed by atoms with van der Waals surface area (Å²) in [5.41, 5.74) is 3.33. The van der Waals surface area contributed by atoms with Crippen molar-refractivity contribution in [2.45, 2.75) is 117 Å². The fourth-order valence-electron chi connectivity index (χ4n) is 3.27. The molecule has 29 heavy (non-hydrogen) atoms. The molecule has 0 saturated carbocycles. The molecule has 1 N–H and O–H groups in total. The van der Waals surface area contributed by atoms with Crippen LogP contribution in [0.5, 0.6) is 0 Å². The highest BCUT2D eigenvalue weighted by molar-refractivity contribution is 6.83. The molecule has 170 valence electrons. The van der Waals surface area contributed by atoms with Crippen LogP contribution < -0.4 is 0 Å². The Morgan fingerprint density at radius 2 is 1.66 bits per heavy atom. The molecule has 5 atom stereocenters. The first-order valence-electron chi connectivity index (χ1n) is 11.1. The Hall–Kier alpha value is -0.166. The third kappa shape index (κ3) is 8.12. The van der Waals surface area contributed by atoms with E-state index in [4.69, 9.17) is 13.9 Å². The van der Waals surface area contributed by atoms with Gasteiger partial charge >= 0.3 is 0 Å². The average molecular weight is 443 g/mol. The standard InChI is InChI=1S/C23H46O4Si2/c1-17(19(24)14-16-28(8,9)10)21(27-29(11,12)22(3,4)5)18(2)20-13-15-25-23(6,7)26-20/h17-21,24H,13,15H2,1-12H3/t17-,18-,19?,20+,21+/m0/s1. The lowest BCUT2D eigenvalue weighted by Crippen LogP contribution is -2.53. The van der Waals surface area contributed by atoms with Crippen molar-refractivity contribution >= 4 is 16.4 Å². The van der Waals surface area contributed by atoms with Crippen LogP contribution >= 0.6 is 0 Å². The Kier molecular flexibility index (Phi) is 8.84. The van der Waals surface area contributed by atoms with E-state index in [1.54, 1.807) is 0 Å². The van der Waals surface area contributed by atoms with E-state index < -0.39 is 28.3 Å². The molecule has 1 aliphatic rings. The van der Waals surface area contributed by atoms with Crippen molar-refractivity contribution in [3.05, 3.63) is 0 Å². The van der Waals surface area contributed by atoms with Gasteiger partial charge < -0.3 is 19.0 Å². The molecule has 1 rings (SSSR count). The molecule has 0 amide bonds. The number of rotatable bonds is 6. The third-order valence-corrected chi connectivity index (χ3v) is 11.6. The summed E-state index contributed by atoms with van der Waals surface area (Å²) < 4.78 is 18.9. The Morgan fingerprint density at radius 3 is 2.10 bits per heavy atom. The first-order chi connectivity index (χ1) is 12.9. The van der Waals surface area contributed by atoms with E-state index in [0.717, 1.165) is 6.42 Å². The minimum absolute atomic E-state index is 0.0353. The second kappa shape index (κ2) is 9.54. The van der Waals surface area contributed by atoms with Gasteiger partial charge in [0.05, 0.1) is 18.8 Å². The highest BCUT2D eigenvalue weighted by atomic mass is 28.4. The van der Waals surface area contributed by atoms with Crippen LogP contribution in [-0.2, 0) is 13.9 Å². The van der Waals surface area contributed by atoms with Gasteiger partial charge in [-0.05, 0) is 38.4 Å². The van der Waals surface area contributed by atoms with Crippen LogP contribution in [0.25, 0.3) is 0 Å². The van der Waals surface area contributed by atoms with Gasteiger partial charge in [-0.2, -0.15) is 0 Å². The first-order valence-corrected chi connectivity index (χ1v) is 17.5. The topological polar surface area (TPSA) is 47.9 Å². The molecule has 0 aliphatic carbocycles. The highest BCUT2D eigenvalue weighted by Crippen LogP contribution is 2.41. The Bertz CT molecular complexity index is 593. The van der Waals surface area contributed by atoms with Gasteiger partial charge in [0.25, 0.3) is 0 Å². The Morgan fingerprint density at radius 1 is 1.10 bits per heavy atom. The lowest BCUT2D eigenvalue weighted by molar-refractivity contribution is -0.286. The van der Waals surface area contributed by atoms with Crippen LogP contribution in [0.15, 0.2) is 0 Å². The van der Waals surface area contributed by atoms with Gasteiger partial charge in [-0.1, -0.05) is 60.2 Å². The van der Waals surface area contributed by atoms with Gasteiger partial charge in [-0.15, -0.1) is 5.54 Å². The van der Waals surface area contributed by atoms with E-state index in [1.165, 1.54) is 0 Å². The van der Waals surface area contributed by atoms with Crippen molar-refractivity contribution < 1.29 is 19.0 Å². The summed E-state index contributed by atoms with van der Waals surface area (Å²) in [6.45, 7) is 26.8. The molecule has 1 unspecified atom stereocenters. The SMILES string of the molecule is C[C@H]([C@H](O[Si](C)(C)C(C)(C)C)[C@@H](C)C(O)C#C[Si](C)(C)C)[C@H]1CCOC(C)(C)O1. The van der Waals surface area contributed by atoms with Crippen molar-refractivity contribution in [1.29, 1.82) is 0 Å². The smallest absolute Gasteiger partial charge is 0.192 e. The predicted molar refractivity (Wildman–Crippen MR) is 127 cm³/mol. The van der Waals surface area contributed by atoms with Gasteiger partial charge in [0.1, 0.15) is 14.2 Å². The van der Waals surface area contributed by atoms with Crippen molar-refractivity contribution in [2.75, 3.05) is 6.61 Å². The molecule has 4 nitrogen and oxygen atoms in total. The summed E-state index contributed by atoms with van der Waals surface area (Å²) >= 11 is 0. The molecule has 6 heteroatoms. The zero-order chi connectivity index (χ0) is 22.8. The van der Waals surface area contributed by atoms with Crippen molar-refractivity contribution in [1.82, 2.24) is 0 Å². The van der Waals surface area contributed by atoms with Crippen LogP contribution in [0, 0.1) is 23.3 Å². The van der Waals surface area contributed by atoms with Crippen LogP contribution in [0.1, 0.15) is 54.9 Å². The molecule has 0 spiro atoms. The van der Waals surface area contributed by atoms with Gasteiger partial charge in [0.2, 0.25) is 0 Å². The molecule has 1 fully saturated rings. The fraction of sp³-hybridized carbons (Fsp3) is 0.913. The predicted octanol–water partition coefficient (Wildman–Crippen LogP) is 5.43. The monoisotopic (exact) mass is 442 g/mol. The summed E-state index contributed by atoms with van der Waals surface area (Å²) in [5.74, 6) is 2.58. The van der Waals surface area contributed by atoms with Crippen LogP contribution in [-0.4, -0.2) is 52.2 Å². The number of hydrogen-bond donors (Lipinski definition) is 1. The Balaban J connectivity index is 3.18. The number of aliphatic hydroxyl groups excluding tert-OH is 1. The summed E-state index contributed by atoms with van der Waals surface area (Å²) in [6.07, 6.45) is 0.0476. The van der Waals surface area contributed by atoms with Gasteiger partial charge in [-0.25, -0.2) is 0 Å². The molecule has 1 aliphatic heterocycles. The van der Waals surface area contributed by atoms with Crippen molar-refractivity contribution in [2.24, 2.45) is 11.8 Å². The van der Waals surface area contributed by atoms with Gasteiger partial charge in [-0.3, -0.25) is 0 Å². The van der Waals surface area contributed by atoms with E-state index in [-0.39, 0.29) is 29.1 Å². The summed E-state index contributed by atoms with van der Waals surface area (Å²) in [5, 5.41) is 11.0. The number of hydrogen-bond acceptors (Lipinski definition) is 4. The second-order valence-corrected chi connectivity index (χ2v) is 21.2. The molecule has 1 saturated heterocycles. The normalized spacial score (nSPS) is 24.8. The van der Waals surface area contributed by atoms with Crippen molar-refractivity contribution in [3.63, 3.8) is 0 Å². The largest absolute Gasteiger partial charge is 0.413 e. The fourth-order valence-corrected chi connectivity index (χ4v) is 5.32. The second-order valence-electron chi connectivity index (χ2n) is 11.7. The van der Waals surface area contributed by atoms with E-state index in [2.05, 4.69) is 78.8 Å². The molecule has 0 radical (unpaired) electrons. The van der Waals surface area contributed by atoms with Gasteiger partial charge in [0, 0.05) is 11.8 Å². The molecular weight excluding hydrogens is 396 g/mol. The van der Waals surface area contributed by atoms with E-state index in [1.807, 2.05) is 13.8 Å². The van der Waals surface area contributed by atoms with Crippen LogP contribution in [0.4, 0.5) is 0 Å². The number of aliphatic hydroxyl groups is 1. The van der Waals surface area contributed by atoms with E-state index in [0.29, 0.717) is 6.61 Å². The maximum absolute atomic E-state index is 10.9. The number of ether oxygens (including phenoxy) is 2. The quantitative estimate of drug-likeness (QED) is 0.440. The zero-order valence-electron chi connectivity index (χ0n) is 21.0. The zero-order valence-corrected chi connectivity index (χ0v) is 23.0. The first kappa shape index (κ1) is 26.9. The molecule has 0 aromatic rings. The van der Waals surface area contributed by atoms with Gasteiger partial charge in [0.15, 0.2) is 14.1 Å². The molecule has 0 aromatic carbocycles. The maximum atomic E-state index is 10.9. The molecular formula is C23H46O4Si2. The summed E-state index contributed by atoms with van der Waals surface area (Å²) in [4.78, 5) is 0. The summed E-state index contributed by atoms with van der Waals surface area (Å²) in [7, 11) is -3.59. The van der Waals surface area contributed by atoms with Crippen molar-refractivity contribution in [3.8, 4) is 11.5 Å². The summed E-state index contributed by atoms with van der Waals surface area (Å²) in [6, 6.07) is 0. The Labute approximate surface area is 182 Å². The third-order valence-electron chi connectivity index (χ3n) is 6.24. The highest BCUT2D eigenvalue weighted by Gasteiger charge is 2.45. The molecule has 0 aromatic heterocycles.